The van der Waals surface area contributed by atoms with Crippen LogP contribution in [0.1, 0.15) is 25.7 Å². The summed E-state index contributed by atoms with van der Waals surface area (Å²) in [7, 11) is -3.46. The lowest BCUT2D eigenvalue weighted by atomic mass is 9.96. The minimum Gasteiger partial charge on any atom is -0.211 e. The first-order chi connectivity index (χ1) is 6.55. The number of sulfonamides is 1. The molecule has 0 heterocycles. The summed E-state index contributed by atoms with van der Waals surface area (Å²) in [4.78, 5) is 0. The minimum atomic E-state index is -3.46. The summed E-state index contributed by atoms with van der Waals surface area (Å²) in [5.41, 5.74) is 0. The highest BCUT2D eigenvalue weighted by molar-refractivity contribution is 7.89. The Morgan fingerprint density at radius 3 is 2.64 bits per heavy atom. The maximum atomic E-state index is 11.3. The molecule has 1 rings (SSSR count). The Labute approximate surface area is 89.3 Å². The largest absolute Gasteiger partial charge is 0.225 e. The quantitative estimate of drug-likeness (QED) is 0.743. The second-order valence-electron chi connectivity index (χ2n) is 3.44. The van der Waals surface area contributed by atoms with Crippen LogP contribution in [-0.4, -0.2) is 25.6 Å². The molecule has 14 heavy (non-hydrogen) atoms. The van der Waals surface area contributed by atoms with Crippen LogP contribution >= 0.6 is 11.6 Å². The number of nitriles is 1. The number of nitrogens with one attached hydrogen (secondary N) is 1. The lowest BCUT2D eigenvalue weighted by molar-refractivity contribution is 0.419. The van der Waals surface area contributed by atoms with E-state index in [1.807, 2.05) is 0 Å². The van der Waals surface area contributed by atoms with Crippen LogP contribution in [0, 0.1) is 11.3 Å². The van der Waals surface area contributed by atoms with E-state index in [1.165, 1.54) is 0 Å². The van der Waals surface area contributed by atoms with Gasteiger partial charge < -0.3 is 0 Å². The van der Waals surface area contributed by atoms with Crippen LogP contribution in [0.5, 0.6) is 0 Å². The highest BCUT2D eigenvalue weighted by Crippen LogP contribution is 2.23. The number of hydrogen-bond acceptors (Lipinski definition) is 3. The zero-order valence-corrected chi connectivity index (χ0v) is 9.31. The second kappa shape index (κ2) is 4.96. The van der Waals surface area contributed by atoms with E-state index < -0.39 is 15.8 Å². The van der Waals surface area contributed by atoms with Crippen LogP contribution < -0.4 is 4.72 Å². The van der Waals surface area contributed by atoms with E-state index in [9.17, 15) is 8.42 Å². The average molecular weight is 237 g/mol. The van der Waals surface area contributed by atoms with Crippen LogP contribution in [0.2, 0.25) is 0 Å². The van der Waals surface area contributed by atoms with Gasteiger partial charge in [0.05, 0.1) is 6.07 Å². The van der Waals surface area contributed by atoms with E-state index >= 15 is 0 Å². The smallest absolute Gasteiger partial charge is 0.211 e. The summed E-state index contributed by atoms with van der Waals surface area (Å²) in [6, 6.07) is 1.41. The van der Waals surface area contributed by atoms with E-state index in [1.54, 1.807) is 6.07 Å². The van der Waals surface area contributed by atoms with Gasteiger partial charge in [-0.2, -0.15) is 5.26 Å². The maximum Gasteiger partial charge on any atom is 0.225 e. The van der Waals surface area contributed by atoms with Crippen LogP contribution in [0.25, 0.3) is 0 Å². The number of rotatable bonds is 3. The third kappa shape index (κ3) is 3.45. The lowest BCUT2D eigenvalue weighted by Crippen LogP contribution is -2.43. The Hall–Kier alpha value is -0.310. The molecule has 2 atom stereocenters. The lowest BCUT2D eigenvalue weighted by Gasteiger charge is -2.27. The summed E-state index contributed by atoms with van der Waals surface area (Å²) in [5, 5.41) is 8.15. The molecule has 0 aromatic carbocycles. The average Bonchev–Trinajstić information content (AvgIpc) is 2.08. The molecule has 0 bridgehead atoms. The molecule has 0 amide bonds. The van der Waals surface area contributed by atoms with Crippen LogP contribution in [0.3, 0.4) is 0 Å². The summed E-state index contributed by atoms with van der Waals surface area (Å²) in [5.74, 6) is -0.493. The predicted molar refractivity (Wildman–Crippen MR) is 54.4 cm³/mol. The van der Waals surface area contributed by atoms with Gasteiger partial charge in [-0.15, -0.1) is 11.6 Å². The first kappa shape index (κ1) is 11.8. The van der Waals surface area contributed by atoms with Gasteiger partial charge in [-0.3, -0.25) is 0 Å². The molecule has 2 unspecified atom stereocenters. The monoisotopic (exact) mass is 236 g/mol. The summed E-state index contributed by atoms with van der Waals surface area (Å²) >= 11 is 5.98. The fourth-order valence-electron chi connectivity index (χ4n) is 1.58. The van der Waals surface area contributed by atoms with Gasteiger partial charge in [0, 0.05) is 11.4 Å². The van der Waals surface area contributed by atoms with Crippen molar-refractivity contribution in [2.75, 3.05) is 5.75 Å². The number of hydrogen-bond donors (Lipinski definition) is 1. The summed E-state index contributed by atoms with van der Waals surface area (Å²) in [6.45, 7) is 0. The molecule has 1 saturated carbocycles. The number of halogens is 1. The molecule has 0 aliphatic heterocycles. The SMILES string of the molecule is N#CCS(=O)(=O)NC1CCCCC1Cl. The Kier molecular flexibility index (Phi) is 4.17. The van der Waals surface area contributed by atoms with Crippen molar-refractivity contribution < 1.29 is 8.42 Å². The number of nitrogens with zero attached hydrogens (tertiary/aromatic N) is 1. The first-order valence-corrected chi connectivity index (χ1v) is 6.65. The molecule has 6 heteroatoms. The molecule has 0 aromatic rings. The van der Waals surface area contributed by atoms with Gasteiger partial charge in [-0.05, 0) is 12.8 Å². The van der Waals surface area contributed by atoms with Crippen molar-refractivity contribution >= 4 is 21.6 Å². The Bertz CT molecular complexity index is 323. The minimum absolute atomic E-state index is 0.141. The Balaban J connectivity index is 2.55. The molecular weight excluding hydrogens is 224 g/mol. The van der Waals surface area contributed by atoms with Gasteiger partial charge in [0.25, 0.3) is 0 Å². The normalized spacial score (nSPS) is 28.3. The molecule has 1 N–H and O–H groups in total. The molecule has 0 radical (unpaired) electrons. The topological polar surface area (TPSA) is 70.0 Å². The van der Waals surface area contributed by atoms with E-state index in [-0.39, 0.29) is 11.4 Å². The van der Waals surface area contributed by atoms with E-state index in [4.69, 9.17) is 16.9 Å². The highest BCUT2D eigenvalue weighted by atomic mass is 35.5. The zero-order chi connectivity index (χ0) is 10.6. The van der Waals surface area contributed by atoms with E-state index in [2.05, 4.69) is 4.72 Å². The van der Waals surface area contributed by atoms with Crippen molar-refractivity contribution in [3.63, 3.8) is 0 Å². The fourth-order valence-corrected chi connectivity index (χ4v) is 2.99. The molecule has 1 aliphatic rings. The van der Waals surface area contributed by atoms with E-state index in [0.29, 0.717) is 0 Å². The van der Waals surface area contributed by atoms with Gasteiger partial charge in [0.15, 0.2) is 5.75 Å². The summed E-state index contributed by atoms with van der Waals surface area (Å²) in [6.07, 6.45) is 3.63. The van der Waals surface area contributed by atoms with Crippen molar-refractivity contribution in [2.24, 2.45) is 0 Å². The van der Waals surface area contributed by atoms with Gasteiger partial charge in [0.2, 0.25) is 10.0 Å². The molecule has 0 saturated heterocycles. The van der Waals surface area contributed by atoms with Crippen LogP contribution in [-0.2, 0) is 10.0 Å². The van der Waals surface area contributed by atoms with E-state index in [0.717, 1.165) is 25.7 Å². The van der Waals surface area contributed by atoms with Gasteiger partial charge in [-0.25, -0.2) is 13.1 Å². The van der Waals surface area contributed by atoms with Crippen molar-refractivity contribution in [3.05, 3.63) is 0 Å². The molecule has 0 spiro atoms. The number of alkyl halides is 1. The molecule has 1 fully saturated rings. The molecule has 80 valence electrons. The van der Waals surface area contributed by atoms with Crippen LogP contribution in [0.15, 0.2) is 0 Å². The first-order valence-electron chi connectivity index (χ1n) is 4.56. The third-order valence-corrected chi connectivity index (χ3v) is 3.96. The molecule has 0 aromatic heterocycles. The standard InChI is InChI=1S/C8H13ClN2O2S/c9-7-3-1-2-4-8(7)11-14(12,13)6-5-10/h7-8,11H,1-4,6H2. The van der Waals surface area contributed by atoms with Crippen molar-refractivity contribution in [1.82, 2.24) is 4.72 Å². The predicted octanol–water partition coefficient (Wildman–Crippen LogP) is 0.979. The second-order valence-corrected chi connectivity index (χ2v) is 5.76. The van der Waals surface area contributed by atoms with Crippen molar-refractivity contribution in [3.8, 4) is 6.07 Å². The maximum absolute atomic E-state index is 11.3. The zero-order valence-electron chi connectivity index (χ0n) is 7.74. The third-order valence-electron chi connectivity index (χ3n) is 2.27. The highest BCUT2D eigenvalue weighted by Gasteiger charge is 2.26. The van der Waals surface area contributed by atoms with Gasteiger partial charge >= 0.3 is 0 Å². The molecular formula is C8H13ClN2O2S. The van der Waals surface area contributed by atoms with Crippen molar-refractivity contribution in [2.45, 2.75) is 37.1 Å². The fraction of sp³-hybridized carbons (Fsp3) is 0.875. The Morgan fingerprint density at radius 2 is 2.07 bits per heavy atom. The summed E-state index contributed by atoms with van der Waals surface area (Å²) < 4.78 is 25.0. The molecule has 1 aliphatic carbocycles. The Morgan fingerprint density at radius 1 is 1.43 bits per heavy atom. The van der Waals surface area contributed by atoms with Crippen LogP contribution in [0.4, 0.5) is 0 Å². The molecule has 4 nitrogen and oxygen atoms in total. The van der Waals surface area contributed by atoms with Gasteiger partial charge in [0.1, 0.15) is 0 Å². The van der Waals surface area contributed by atoms with Crippen molar-refractivity contribution in [1.29, 1.82) is 5.26 Å². The van der Waals surface area contributed by atoms with Gasteiger partial charge in [-0.1, -0.05) is 12.8 Å².